The quantitative estimate of drug-likeness (QED) is 0.691. The normalized spacial score (nSPS) is 15.6. The van der Waals surface area contributed by atoms with Crippen molar-refractivity contribution in [3.05, 3.63) is 34.8 Å². The highest BCUT2D eigenvalue weighted by Gasteiger charge is 2.28. The van der Waals surface area contributed by atoms with Crippen LogP contribution in [0, 0.1) is 11.3 Å². The second-order valence-electron chi connectivity index (χ2n) is 9.51. The molecule has 2 aromatic rings. The molecule has 31 heavy (non-hydrogen) atoms. The average molecular weight is 431 g/mol. The van der Waals surface area contributed by atoms with Crippen molar-refractivity contribution in [2.24, 2.45) is 11.3 Å². The molecule has 170 valence electrons. The number of hydrogen-bond donors (Lipinski definition) is 1. The van der Waals surface area contributed by atoms with E-state index in [-0.39, 0.29) is 36.1 Å². The lowest BCUT2D eigenvalue weighted by Crippen LogP contribution is -2.46. The summed E-state index contributed by atoms with van der Waals surface area (Å²) in [6.45, 7) is 7.24. The molecule has 0 spiro atoms. The van der Waals surface area contributed by atoms with E-state index in [0.717, 1.165) is 6.54 Å². The molecule has 1 saturated heterocycles. The first-order valence-corrected chi connectivity index (χ1v) is 10.9. The number of carbonyl (C=O) groups excluding carboxylic acids is 2. The SMILES string of the molecule is CN(C)CC(C)(C)CNC(=O)C1CCN(C(=O)CCn2c(=O)oc3ccccc32)CC1. The Kier molecular flexibility index (Phi) is 7.20. The molecule has 8 nitrogen and oxygen atoms in total. The fraction of sp³-hybridized carbons (Fsp3) is 0.609. The van der Waals surface area contributed by atoms with Crippen molar-refractivity contribution in [1.82, 2.24) is 19.7 Å². The van der Waals surface area contributed by atoms with Crippen molar-refractivity contribution in [2.75, 3.05) is 40.3 Å². The molecule has 3 rings (SSSR count). The molecule has 1 aromatic carbocycles. The van der Waals surface area contributed by atoms with Crippen LogP contribution >= 0.6 is 0 Å². The van der Waals surface area contributed by atoms with E-state index in [1.165, 1.54) is 4.57 Å². The third-order valence-electron chi connectivity index (χ3n) is 5.83. The second-order valence-corrected chi connectivity index (χ2v) is 9.51. The fourth-order valence-electron chi connectivity index (χ4n) is 4.37. The van der Waals surface area contributed by atoms with Crippen LogP contribution in [0.4, 0.5) is 0 Å². The molecule has 2 amide bonds. The van der Waals surface area contributed by atoms with Gasteiger partial charge in [0.2, 0.25) is 11.8 Å². The number of amides is 2. The number of fused-ring (bicyclic) bond motifs is 1. The highest BCUT2D eigenvalue weighted by molar-refractivity contribution is 5.80. The molecule has 0 bridgehead atoms. The summed E-state index contributed by atoms with van der Waals surface area (Å²) < 4.78 is 6.72. The van der Waals surface area contributed by atoms with E-state index in [2.05, 4.69) is 24.1 Å². The van der Waals surface area contributed by atoms with Gasteiger partial charge >= 0.3 is 5.76 Å². The van der Waals surface area contributed by atoms with E-state index in [1.807, 2.05) is 32.3 Å². The van der Waals surface area contributed by atoms with Crippen molar-refractivity contribution in [2.45, 2.75) is 39.7 Å². The van der Waals surface area contributed by atoms with Gasteiger partial charge in [-0.15, -0.1) is 0 Å². The summed E-state index contributed by atoms with van der Waals surface area (Å²) in [6, 6.07) is 7.21. The maximum Gasteiger partial charge on any atom is 0.419 e. The van der Waals surface area contributed by atoms with Crippen LogP contribution in [0.2, 0.25) is 0 Å². The van der Waals surface area contributed by atoms with Gasteiger partial charge in [-0.25, -0.2) is 4.79 Å². The highest BCUT2D eigenvalue weighted by atomic mass is 16.4. The first-order valence-electron chi connectivity index (χ1n) is 10.9. The zero-order chi connectivity index (χ0) is 22.6. The summed E-state index contributed by atoms with van der Waals surface area (Å²) in [6.07, 6.45) is 1.57. The molecule has 0 radical (unpaired) electrons. The van der Waals surface area contributed by atoms with Crippen LogP contribution in [-0.2, 0) is 16.1 Å². The number of likely N-dealkylation sites (tertiary alicyclic amines) is 1. The lowest BCUT2D eigenvalue weighted by molar-refractivity contribution is -0.135. The molecule has 2 heterocycles. The monoisotopic (exact) mass is 430 g/mol. The van der Waals surface area contributed by atoms with Gasteiger partial charge in [-0.1, -0.05) is 26.0 Å². The number of nitrogens with zero attached hydrogens (tertiary/aromatic N) is 3. The number of aryl methyl sites for hydroxylation is 1. The molecular formula is C23H34N4O4. The summed E-state index contributed by atoms with van der Waals surface area (Å²) in [7, 11) is 4.06. The Labute approximate surface area is 183 Å². The van der Waals surface area contributed by atoms with Crippen molar-refractivity contribution < 1.29 is 14.0 Å². The maximum absolute atomic E-state index is 12.7. The topological polar surface area (TPSA) is 87.8 Å². The summed E-state index contributed by atoms with van der Waals surface area (Å²) in [4.78, 5) is 41.2. The molecule has 0 saturated carbocycles. The number of rotatable bonds is 8. The van der Waals surface area contributed by atoms with Gasteiger partial charge in [0.1, 0.15) is 0 Å². The van der Waals surface area contributed by atoms with E-state index < -0.39 is 5.76 Å². The molecule has 1 aliphatic heterocycles. The van der Waals surface area contributed by atoms with Gasteiger partial charge in [0.25, 0.3) is 0 Å². The van der Waals surface area contributed by atoms with Gasteiger partial charge in [0.15, 0.2) is 5.58 Å². The Morgan fingerprint density at radius 1 is 1.19 bits per heavy atom. The van der Waals surface area contributed by atoms with Crippen molar-refractivity contribution in [3.8, 4) is 0 Å². The summed E-state index contributed by atoms with van der Waals surface area (Å²) in [5.74, 6) is -0.417. The standard InChI is InChI=1S/C23H34N4O4/c1-23(2,16-25(3)4)15-24-21(29)17-9-12-26(13-10-17)20(28)11-14-27-18-7-5-6-8-19(18)31-22(27)30/h5-8,17H,9-16H2,1-4H3,(H,24,29). The molecule has 0 unspecified atom stereocenters. The average Bonchev–Trinajstić information content (AvgIpc) is 3.04. The molecule has 1 fully saturated rings. The summed E-state index contributed by atoms with van der Waals surface area (Å²) in [5.41, 5.74) is 1.24. The van der Waals surface area contributed by atoms with Crippen molar-refractivity contribution in [3.63, 3.8) is 0 Å². The summed E-state index contributed by atoms with van der Waals surface area (Å²) in [5, 5.41) is 3.09. The van der Waals surface area contributed by atoms with Crippen LogP contribution < -0.4 is 11.1 Å². The van der Waals surface area contributed by atoms with Crippen molar-refractivity contribution >= 4 is 22.9 Å². The Balaban J connectivity index is 1.46. The van der Waals surface area contributed by atoms with Gasteiger partial charge < -0.3 is 19.5 Å². The molecule has 1 aliphatic rings. The predicted octanol–water partition coefficient (Wildman–Crippen LogP) is 1.93. The van der Waals surface area contributed by atoms with Gasteiger partial charge in [-0.3, -0.25) is 14.2 Å². The third kappa shape index (κ3) is 5.97. The second kappa shape index (κ2) is 9.68. The van der Waals surface area contributed by atoms with Crippen LogP contribution in [-0.4, -0.2) is 66.5 Å². The van der Waals surface area contributed by atoms with E-state index in [1.54, 1.807) is 11.0 Å². The zero-order valence-corrected chi connectivity index (χ0v) is 19.0. The van der Waals surface area contributed by atoms with Crippen LogP contribution in [0.5, 0.6) is 0 Å². The Morgan fingerprint density at radius 2 is 1.87 bits per heavy atom. The lowest BCUT2D eigenvalue weighted by Gasteiger charge is -2.33. The smallest absolute Gasteiger partial charge is 0.408 e. The van der Waals surface area contributed by atoms with Crippen LogP contribution in [0.15, 0.2) is 33.5 Å². The van der Waals surface area contributed by atoms with E-state index in [4.69, 9.17) is 4.42 Å². The number of piperidine rings is 1. The molecule has 1 N–H and O–H groups in total. The van der Waals surface area contributed by atoms with Gasteiger partial charge in [-0.05, 0) is 44.5 Å². The Hall–Kier alpha value is -2.61. The molecule has 0 atom stereocenters. The summed E-state index contributed by atoms with van der Waals surface area (Å²) >= 11 is 0. The lowest BCUT2D eigenvalue weighted by atomic mass is 9.91. The number of nitrogens with one attached hydrogen (secondary N) is 1. The minimum atomic E-state index is -0.443. The number of aromatic nitrogens is 1. The minimum absolute atomic E-state index is 0.00292. The van der Waals surface area contributed by atoms with E-state index in [0.29, 0.717) is 43.6 Å². The van der Waals surface area contributed by atoms with Crippen molar-refractivity contribution in [1.29, 1.82) is 0 Å². The van der Waals surface area contributed by atoms with E-state index >= 15 is 0 Å². The first kappa shape index (κ1) is 23.1. The molecular weight excluding hydrogens is 396 g/mol. The maximum atomic E-state index is 12.7. The van der Waals surface area contributed by atoms with Crippen LogP contribution in [0.25, 0.3) is 11.1 Å². The van der Waals surface area contributed by atoms with Crippen LogP contribution in [0.1, 0.15) is 33.1 Å². The van der Waals surface area contributed by atoms with Gasteiger partial charge in [0.05, 0.1) is 5.52 Å². The van der Waals surface area contributed by atoms with Crippen LogP contribution in [0.3, 0.4) is 0 Å². The molecule has 0 aliphatic carbocycles. The number of hydrogen-bond acceptors (Lipinski definition) is 5. The largest absolute Gasteiger partial charge is 0.419 e. The number of oxazole rings is 1. The predicted molar refractivity (Wildman–Crippen MR) is 120 cm³/mol. The molecule has 1 aromatic heterocycles. The fourth-order valence-corrected chi connectivity index (χ4v) is 4.37. The third-order valence-corrected chi connectivity index (χ3v) is 5.83. The van der Waals surface area contributed by atoms with E-state index in [9.17, 15) is 14.4 Å². The number of benzene rings is 1. The Bertz CT molecular complexity index is 967. The molecule has 8 heteroatoms. The van der Waals surface area contributed by atoms with Gasteiger partial charge in [0, 0.05) is 45.1 Å². The number of carbonyl (C=O) groups is 2. The highest BCUT2D eigenvalue weighted by Crippen LogP contribution is 2.20. The minimum Gasteiger partial charge on any atom is -0.408 e. The first-order chi connectivity index (χ1) is 14.7. The Morgan fingerprint density at radius 3 is 2.55 bits per heavy atom. The number of para-hydroxylation sites is 2. The zero-order valence-electron chi connectivity index (χ0n) is 19.0. The van der Waals surface area contributed by atoms with Gasteiger partial charge in [-0.2, -0.15) is 0 Å².